The van der Waals surface area contributed by atoms with Gasteiger partial charge in [0.05, 0.1) is 0 Å². The second kappa shape index (κ2) is 6.41. The number of hydrogen-bond donors (Lipinski definition) is 2. The molecule has 6 nitrogen and oxygen atoms in total. The summed E-state index contributed by atoms with van der Waals surface area (Å²) in [5.41, 5.74) is 1.79. The molecule has 0 heterocycles. The number of carbonyl (C=O) groups is 3. The Balaban J connectivity index is 3.66. The maximum Gasteiger partial charge on any atom is 0.351 e. The van der Waals surface area contributed by atoms with E-state index in [0.29, 0.717) is 0 Å². The molecule has 0 aromatic carbocycles. The molecule has 76 valence electrons. The van der Waals surface area contributed by atoms with Gasteiger partial charge < -0.3 is 10.2 Å². The van der Waals surface area contributed by atoms with Gasteiger partial charge >= 0.3 is 5.97 Å². The lowest BCUT2D eigenvalue weighted by atomic mass is 10.5. The van der Waals surface area contributed by atoms with Crippen molar-refractivity contribution < 1.29 is 19.2 Å². The Kier molecular flexibility index (Phi) is 5.44. The summed E-state index contributed by atoms with van der Waals surface area (Å²) in [6, 6.07) is 0. The van der Waals surface area contributed by atoms with Crippen molar-refractivity contribution >= 4 is 17.8 Å². The van der Waals surface area contributed by atoms with Crippen LogP contribution >= 0.6 is 0 Å². The zero-order valence-corrected chi connectivity index (χ0v) is 7.41. The molecule has 0 aromatic heterocycles. The molecule has 0 fully saturated rings. The van der Waals surface area contributed by atoms with Gasteiger partial charge in [-0.15, -0.1) is 0 Å². The van der Waals surface area contributed by atoms with E-state index in [2.05, 4.69) is 23.3 Å². The van der Waals surface area contributed by atoms with Crippen molar-refractivity contribution in [3.8, 4) is 0 Å². The highest BCUT2D eigenvalue weighted by molar-refractivity contribution is 5.90. The minimum Gasteiger partial charge on any atom is -0.342 e. The van der Waals surface area contributed by atoms with E-state index < -0.39 is 17.8 Å². The molecule has 0 unspecified atom stereocenters. The van der Waals surface area contributed by atoms with E-state index in [-0.39, 0.29) is 6.54 Å². The van der Waals surface area contributed by atoms with Crippen molar-refractivity contribution in [2.45, 2.75) is 0 Å². The number of hydroxylamine groups is 1. The predicted molar refractivity (Wildman–Crippen MR) is 47.6 cm³/mol. The second-order valence-electron chi connectivity index (χ2n) is 2.07. The van der Waals surface area contributed by atoms with Crippen LogP contribution in [0.5, 0.6) is 0 Å². The SMILES string of the molecule is C=CC(=O)NCC(=O)ONC(=O)C=C. The second-order valence-corrected chi connectivity index (χ2v) is 2.07. The molecule has 0 atom stereocenters. The van der Waals surface area contributed by atoms with Crippen LogP contribution in [-0.2, 0) is 19.2 Å². The molecular weight excluding hydrogens is 188 g/mol. The molecule has 0 radical (unpaired) electrons. The highest BCUT2D eigenvalue weighted by Gasteiger charge is 2.05. The van der Waals surface area contributed by atoms with Crippen molar-refractivity contribution in [2.75, 3.05) is 6.54 Å². The minimum absolute atomic E-state index is 0.345. The lowest BCUT2D eigenvalue weighted by molar-refractivity contribution is -0.156. The van der Waals surface area contributed by atoms with E-state index in [1.807, 2.05) is 0 Å². The molecule has 0 saturated heterocycles. The number of nitrogens with one attached hydrogen (secondary N) is 2. The monoisotopic (exact) mass is 198 g/mol. The lowest BCUT2D eigenvalue weighted by Gasteiger charge is -2.03. The van der Waals surface area contributed by atoms with Gasteiger partial charge in [-0.05, 0) is 12.2 Å². The molecule has 0 aliphatic rings. The fraction of sp³-hybridized carbons (Fsp3) is 0.125. The topological polar surface area (TPSA) is 84.5 Å². The summed E-state index contributed by atoms with van der Waals surface area (Å²) in [6.07, 6.45) is 1.95. The molecule has 0 saturated carbocycles. The van der Waals surface area contributed by atoms with Crippen molar-refractivity contribution in [3.05, 3.63) is 25.3 Å². The van der Waals surface area contributed by atoms with Gasteiger partial charge in [-0.3, -0.25) is 9.59 Å². The summed E-state index contributed by atoms with van der Waals surface area (Å²) in [6.45, 7) is 5.97. The van der Waals surface area contributed by atoms with Crippen molar-refractivity contribution in [3.63, 3.8) is 0 Å². The Morgan fingerprint density at radius 2 is 1.71 bits per heavy atom. The van der Waals surface area contributed by atoms with Crippen LogP contribution < -0.4 is 10.8 Å². The van der Waals surface area contributed by atoms with Crippen LogP contribution in [-0.4, -0.2) is 24.3 Å². The van der Waals surface area contributed by atoms with Gasteiger partial charge in [0.2, 0.25) is 5.91 Å². The average molecular weight is 198 g/mol. The van der Waals surface area contributed by atoms with E-state index in [9.17, 15) is 14.4 Å². The molecule has 0 aliphatic heterocycles. The van der Waals surface area contributed by atoms with Crippen LogP contribution in [0.3, 0.4) is 0 Å². The third-order valence-corrected chi connectivity index (χ3v) is 1.04. The Hall–Kier alpha value is -2.11. The van der Waals surface area contributed by atoms with Crippen molar-refractivity contribution in [1.82, 2.24) is 10.8 Å². The Bertz CT molecular complexity index is 247. The third kappa shape index (κ3) is 5.53. The molecule has 2 N–H and O–H groups in total. The summed E-state index contributed by atoms with van der Waals surface area (Å²) in [5, 5.41) is 2.17. The highest BCUT2D eigenvalue weighted by atomic mass is 16.7. The minimum atomic E-state index is -0.796. The fourth-order valence-electron chi connectivity index (χ4n) is 0.416. The summed E-state index contributed by atoms with van der Waals surface area (Å²) in [4.78, 5) is 36.1. The van der Waals surface area contributed by atoms with Crippen LogP contribution in [0.25, 0.3) is 0 Å². The van der Waals surface area contributed by atoms with Gasteiger partial charge in [-0.2, -0.15) is 5.48 Å². The molecule has 0 aliphatic carbocycles. The van der Waals surface area contributed by atoms with E-state index in [4.69, 9.17) is 0 Å². The van der Waals surface area contributed by atoms with Gasteiger partial charge in [0.25, 0.3) is 5.91 Å². The molecule has 0 aromatic rings. The first-order valence-corrected chi connectivity index (χ1v) is 3.62. The maximum absolute atomic E-state index is 10.8. The normalized spacial score (nSPS) is 8.29. The summed E-state index contributed by atoms with van der Waals surface area (Å²) in [7, 11) is 0. The maximum atomic E-state index is 10.8. The smallest absolute Gasteiger partial charge is 0.342 e. The number of hydrogen-bond acceptors (Lipinski definition) is 4. The summed E-state index contributed by atoms with van der Waals surface area (Å²) >= 11 is 0. The largest absolute Gasteiger partial charge is 0.351 e. The first-order valence-electron chi connectivity index (χ1n) is 3.62. The third-order valence-electron chi connectivity index (χ3n) is 1.04. The standard InChI is InChI=1S/C8H10N2O4/c1-3-6(11)9-5-8(13)14-10-7(12)4-2/h3-4H,1-2,5H2,(H,9,11)(H,10,12). The number of rotatable bonds is 4. The average Bonchev–Trinajstić information content (AvgIpc) is 2.22. The van der Waals surface area contributed by atoms with Gasteiger partial charge in [0.1, 0.15) is 6.54 Å². The van der Waals surface area contributed by atoms with Crippen molar-refractivity contribution in [1.29, 1.82) is 0 Å². The Labute approximate surface area is 80.6 Å². The van der Waals surface area contributed by atoms with Crippen molar-refractivity contribution in [2.24, 2.45) is 0 Å². The highest BCUT2D eigenvalue weighted by Crippen LogP contribution is 1.74. The van der Waals surface area contributed by atoms with E-state index >= 15 is 0 Å². The van der Waals surface area contributed by atoms with Gasteiger partial charge in [0, 0.05) is 0 Å². The van der Waals surface area contributed by atoms with Gasteiger partial charge in [-0.25, -0.2) is 4.79 Å². The zero-order chi connectivity index (χ0) is 11.0. The molecular formula is C8H10N2O4. The molecule has 2 amide bonds. The van der Waals surface area contributed by atoms with Crippen LogP contribution in [0.1, 0.15) is 0 Å². The first-order chi connectivity index (χ1) is 6.60. The molecule has 0 rings (SSSR count). The molecule has 14 heavy (non-hydrogen) atoms. The lowest BCUT2D eigenvalue weighted by Crippen LogP contribution is -2.33. The van der Waals surface area contributed by atoms with Crippen LogP contribution in [0.2, 0.25) is 0 Å². The molecule has 0 bridgehead atoms. The van der Waals surface area contributed by atoms with Crippen LogP contribution in [0, 0.1) is 0 Å². The van der Waals surface area contributed by atoms with Crippen LogP contribution in [0.4, 0.5) is 0 Å². The fourth-order valence-corrected chi connectivity index (χ4v) is 0.416. The number of amides is 2. The van der Waals surface area contributed by atoms with Crippen LogP contribution in [0.15, 0.2) is 25.3 Å². The quantitative estimate of drug-likeness (QED) is 0.450. The number of carbonyl (C=O) groups excluding carboxylic acids is 3. The summed E-state index contributed by atoms with van der Waals surface area (Å²) in [5.74, 6) is -1.94. The molecule has 0 spiro atoms. The predicted octanol–water partition coefficient (Wildman–Crippen LogP) is -0.951. The van der Waals surface area contributed by atoms with E-state index in [1.54, 1.807) is 5.48 Å². The zero-order valence-electron chi connectivity index (χ0n) is 7.41. The Morgan fingerprint density at radius 1 is 1.14 bits per heavy atom. The van der Waals surface area contributed by atoms with E-state index in [1.165, 1.54) is 0 Å². The van der Waals surface area contributed by atoms with Gasteiger partial charge in [-0.1, -0.05) is 13.2 Å². The molecule has 6 heteroatoms. The van der Waals surface area contributed by atoms with E-state index in [0.717, 1.165) is 12.2 Å². The first kappa shape index (κ1) is 11.9. The Morgan fingerprint density at radius 3 is 2.21 bits per heavy atom. The van der Waals surface area contributed by atoms with Gasteiger partial charge in [0.15, 0.2) is 0 Å². The summed E-state index contributed by atoms with van der Waals surface area (Å²) < 4.78 is 0.